The first-order valence-electron chi connectivity index (χ1n) is 8.46. The van der Waals surface area contributed by atoms with E-state index in [1.807, 2.05) is 24.3 Å². The minimum absolute atomic E-state index is 0.00293. The molecular weight excluding hydrogens is 366 g/mol. The fourth-order valence-corrected chi connectivity index (χ4v) is 5.27. The Balaban J connectivity index is 1.61. The van der Waals surface area contributed by atoms with Crippen molar-refractivity contribution in [2.75, 3.05) is 20.8 Å². The van der Waals surface area contributed by atoms with Crippen LogP contribution < -0.4 is 14.8 Å². The average molecular weight is 390 g/mol. The lowest BCUT2D eigenvalue weighted by Crippen LogP contribution is -2.26. The third kappa shape index (κ3) is 3.91. The molecule has 0 atom stereocenters. The number of carbonyl (C=O) groups is 1. The van der Waals surface area contributed by atoms with E-state index in [2.05, 4.69) is 19.2 Å². The van der Waals surface area contributed by atoms with Crippen molar-refractivity contribution in [3.63, 3.8) is 0 Å². The lowest BCUT2D eigenvalue weighted by atomic mass is 10.1. The van der Waals surface area contributed by atoms with Gasteiger partial charge in [0.25, 0.3) is 5.91 Å². The molecule has 138 valence electrons. The molecule has 6 heteroatoms. The highest BCUT2D eigenvalue weighted by molar-refractivity contribution is 8.03. The second-order valence-electron chi connectivity index (χ2n) is 6.11. The average Bonchev–Trinajstić information content (AvgIpc) is 2.95. The van der Waals surface area contributed by atoms with Gasteiger partial charge in [0.15, 0.2) is 0 Å². The van der Waals surface area contributed by atoms with Crippen LogP contribution in [0.4, 0.5) is 0 Å². The topological polar surface area (TPSA) is 47.6 Å². The molecule has 3 rings (SSSR count). The minimum atomic E-state index is -0.00293. The number of thiophene rings is 1. The largest absolute Gasteiger partial charge is 0.497 e. The molecule has 1 aromatic heterocycles. The third-order valence-corrected chi connectivity index (χ3v) is 6.82. The van der Waals surface area contributed by atoms with E-state index in [-0.39, 0.29) is 5.91 Å². The standard InChI is InChI=1S/C20H23NO3S2/c1-12-13(2)26-18-10-19(25-11-16(12)18)20(22)21-8-7-14-5-6-15(23-3)9-17(14)24-4/h5-6,9-10H,7-8,11H2,1-4H3,(H,21,22). The molecular formula is C20H23NO3S2. The second-order valence-corrected chi connectivity index (χ2v) is 8.38. The number of hydrogen-bond acceptors (Lipinski definition) is 5. The number of aryl methyl sites for hydroxylation is 1. The first-order chi connectivity index (χ1) is 12.5. The van der Waals surface area contributed by atoms with Gasteiger partial charge in [-0.15, -0.1) is 23.1 Å². The van der Waals surface area contributed by atoms with Crippen molar-refractivity contribution in [1.82, 2.24) is 5.32 Å². The molecule has 0 fully saturated rings. The second kappa shape index (κ2) is 8.18. The molecule has 1 aliphatic rings. The molecule has 0 radical (unpaired) electrons. The van der Waals surface area contributed by atoms with Crippen LogP contribution in [-0.4, -0.2) is 26.7 Å². The highest BCUT2D eigenvalue weighted by atomic mass is 32.2. The number of nitrogens with one attached hydrogen (secondary N) is 1. The molecule has 1 N–H and O–H groups in total. The molecule has 0 saturated heterocycles. The maximum absolute atomic E-state index is 12.5. The number of methoxy groups -OCH3 is 2. The van der Waals surface area contributed by atoms with Crippen molar-refractivity contribution in [3.05, 3.63) is 49.5 Å². The fourth-order valence-electron chi connectivity index (χ4n) is 2.89. The Morgan fingerprint density at radius 1 is 1.23 bits per heavy atom. The van der Waals surface area contributed by atoms with E-state index in [1.165, 1.54) is 20.9 Å². The molecule has 2 aromatic rings. The van der Waals surface area contributed by atoms with Crippen molar-refractivity contribution < 1.29 is 14.3 Å². The van der Waals surface area contributed by atoms with Crippen molar-refractivity contribution >= 4 is 35.1 Å². The van der Waals surface area contributed by atoms with Gasteiger partial charge in [0.05, 0.1) is 19.1 Å². The number of thioether (sulfide) groups is 1. The van der Waals surface area contributed by atoms with Gasteiger partial charge in [-0.25, -0.2) is 0 Å². The summed E-state index contributed by atoms with van der Waals surface area (Å²) in [6, 6.07) is 5.74. The Bertz CT molecular complexity index is 855. The van der Waals surface area contributed by atoms with Crippen LogP contribution in [0.1, 0.15) is 26.4 Å². The first kappa shape index (κ1) is 18.9. The molecule has 0 spiro atoms. The number of carbonyl (C=O) groups excluding carboxylic acids is 1. The Morgan fingerprint density at radius 2 is 2.04 bits per heavy atom. The summed E-state index contributed by atoms with van der Waals surface area (Å²) in [5.41, 5.74) is 3.78. The SMILES string of the molecule is COc1ccc(CCNC(=O)C2=Cc3sc(C)c(C)c3CS2)c(OC)c1. The Morgan fingerprint density at radius 3 is 2.77 bits per heavy atom. The zero-order chi connectivity index (χ0) is 18.7. The van der Waals surface area contributed by atoms with Gasteiger partial charge in [0.2, 0.25) is 0 Å². The van der Waals surface area contributed by atoms with E-state index in [1.54, 1.807) is 37.3 Å². The van der Waals surface area contributed by atoms with E-state index in [9.17, 15) is 4.79 Å². The van der Waals surface area contributed by atoms with E-state index >= 15 is 0 Å². The summed E-state index contributed by atoms with van der Waals surface area (Å²) in [5.74, 6) is 2.41. The van der Waals surface area contributed by atoms with E-state index in [4.69, 9.17) is 9.47 Å². The van der Waals surface area contributed by atoms with E-state index in [0.29, 0.717) is 13.0 Å². The quantitative estimate of drug-likeness (QED) is 0.799. The summed E-state index contributed by atoms with van der Waals surface area (Å²) >= 11 is 3.38. The zero-order valence-corrected chi connectivity index (χ0v) is 17.1. The van der Waals surface area contributed by atoms with Crippen LogP contribution in [0.15, 0.2) is 23.1 Å². The number of hydrogen-bond donors (Lipinski definition) is 1. The van der Waals surface area contributed by atoms with Crippen molar-refractivity contribution in [2.45, 2.75) is 26.0 Å². The number of amides is 1. The van der Waals surface area contributed by atoms with Gasteiger partial charge in [0, 0.05) is 28.1 Å². The Hall–Kier alpha value is -1.92. The van der Waals surface area contributed by atoms with Crippen LogP contribution in [0.5, 0.6) is 11.5 Å². The molecule has 0 saturated carbocycles. The van der Waals surface area contributed by atoms with E-state index < -0.39 is 0 Å². The van der Waals surface area contributed by atoms with Gasteiger partial charge in [-0.05, 0) is 49.1 Å². The molecule has 0 unspecified atom stereocenters. The van der Waals surface area contributed by atoms with Gasteiger partial charge in [0.1, 0.15) is 11.5 Å². The molecule has 0 aliphatic carbocycles. The number of rotatable bonds is 6. The van der Waals surface area contributed by atoms with Crippen LogP contribution >= 0.6 is 23.1 Å². The molecule has 1 aliphatic heterocycles. The van der Waals surface area contributed by atoms with Crippen LogP contribution in [0, 0.1) is 13.8 Å². The monoisotopic (exact) mass is 389 g/mol. The van der Waals surface area contributed by atoms with Gasteiger partial charge in [-0.1, -0.05) is 6.07 Å². The first-order valence-corrected chi connectivity index (χ1v) is 10.3. The molecule has 1 amide bonds. The van der Waals surface area contributed by atoms with Crippen LogP contribution in [0.2, 0.25) is 0 Å². The molecule has 1 aromatic carbocycles. The fraction of sp³-hybridized carbons (Fsp3) is 0.350. The summed E-state index contributed by atoms with van der Waals surface area (Å²) in [7, 11) is 3.27. The number of ether oxygens (including phenoxy) is 2. The van der Waals surface area contributed by atoms with Gasteiger partial charge in [-0.2, -0.15) is 0 Å². The number of fused-ring (bicyclic) bond motifs is 1. The van der Waals surface area contributed by atoms with Crippen molar-refractivity contribution in [1.29, 1.82) is 0 Å². The number of benzene rings is 1. The molecule has 26 heavy (non-hydrogen) atoms. The third-order valence-electron chi connectivity index (χ3n) is 4.57. The highest BCUT2D eigenvalue weighted by Crippen LogP contribution is 2.39. The van der Waals surface area contributed by atoms with Crippen molar-refractivity contribution in [3.8, 4) is 11.5 Å². The maximum Gasteiger partial charge on any atom is 0.257 e. The van der Waals surface area contributed by atoms with E-state index in [0.717, 1.165) is 27.7 Å². The maximum atomic E-state index is 12.5. The lowest BCUT2D eigenvalue weighted by Gasteiger charge is -2.14. The van der Waals surface area contributed by atoms with Crippen LogP contribution in [0.3, 0.4) is 0 Å². The predicted molar refractivity (Wildman–Crippen MR) is 109 cm³/mol. The smallest absolute Gasteiger partial charge is 0.257 e. The lowest BCUT2D eigenvalue weighted by molar-refractivity contribution is -0.116. The van der Waals surface area contributed by atoms with Gasteiger partial charge < -0.3 is 14.8 Å². The summed E-state index contributed by atoms with van der Waals surface area (Å²) in [4.78, 5) is 15.8. The summed E-state index contributed by atoms with van der Waals surface area (Å²) in [6.07, 6.45) is 2.73. The predicted octanol–water partition coefficient (Wildman–Crippen LogP) is 4.33. The highest BCUT2D eigenvalue weighted by Gasteiger charge is 2.20. The Kier molecular flexibility index (Phi) is 5.94. The normalized spacial score (nSPS) is 13.0. The summed E-state index contributed by atoms with van der Waals surface area (Å²) in [5, 5.41) is 3.02. The van der Waals surface area contributed by atoms with Gasteiger partial charge in [-0.3, -0.25) is 4.79 Å². The van der Waals surface area contributed by atoms with Crippen molar-refractivity contribution in [2.24, 2.45) is 0 Å². The summed E-state index contributed by atoms with van der Waals surface area (Å²) in [6.45, 7) is 4.86. The molecule has 2 heterocycles. The molecule has 4 nitrogen and oxygen atoms in total. The van der Waals surface area contributed by atoms with Crippen LogP contribution in [0.25, 0.3) is 6.08 Å². The van der Waals surface area contributed by atoms with Crippen LogP contribution in [-0.2, 0) is 17.0 Å². The summed E-state index contributed by atoms with van der Waals surface area (Å²) < 4.78 is 10.6. The Labute approximate surface area is 162 Å². The minimum Gasteiger partial charge on any atom is -0.497 e. The molecule has 0 bridgehead atoms. The zero-order valence-electron chi connectivity index (χ0n) is 15.5. The van der Waals surface area contributed by atoms with Gasteiger partial charge >= 0.3 is 0 Å².